The van der Waals surface area contributed by atoms with Crippen LogP contribution in [0.3, 0.4) is 0 Å². The predicted octanol–water partition coefficient (Wildman–Crippen LogP) is 3.20. The van der Waals surface area contributed by atoms with Crippen LogP contribution in [0.4, 0.5) is 15.8 Å². The number of piperidine rings is 1. The number of carbonyl (C=O) groups is 2. The number of esters is 1. The number of nitro groups is 1. The van der Waals surface area contributed by atoms with Crippen molar-refractivity contribution >= 4 is 23.3 Å². The quantitative estimate of drug-likeness (QED) is 0.423. The molecule has 8 nitrogen and oxygen atoms in total. The Morgan fingerprint density at radius 3 is 2.57 bits per heavy atom. The van der Waals surface area contributed by atoms with E-state index in [-0.39, 0.29) is 17.8 Å². The molecule has 0 bridgehead atoms. The van der Waals surface area contributed by atoms with E-state index in [4.69, 9.17) is 4.74 Å². The van der Waals surface area contributed by atoms with Gasteiger partial charge in [-0.1, -0.05) is 18.2 Å². The number of halogens is 1. The van der Waals surface area contributed by atoms with Gasteiger partial charge in [0.15, 0.2) is 6.61 Å². The summed E-state index contributed by atoms with van der Waals surface area (Å²) in [6.07, 6.45) is 3.01. The van der Waals surface area contributed by atoms with E-state index in [9.17, 15) is 24.1 Å². The molecule has 1 aliphatic heterocycles. The Morgan fingerprint density at radius 2 is 1.87 bits per heavy atom. The number of amides is 1. The van der Waals surface area contributed by atoms with Gasteiger partial charge in [0.2, 0.25) is 0 Å². The molecule has 1 N–H and O–H groups in total. The summed E-state index contributed by atoms with van der Waals surface area (Å²) >= 11 is 0. The van der Waals surface area contributed by atoms with Gasteiger partial charge in [0.1, 0.15) is 5.82 Å². The average Bonchev–Trinajstić information content (AvgIpc) is 2.77. The molecule has 1 fully saturated rings. The van der Waals surface area contributed by atoms with E-state index in [2.05, 4.69) is 5.32 Å². The highest BCUT2D eigenvalue weighted by Gasteiger charge is 2.23. The molecule has 0 aliphatic carbocycles. The van der Waals surface area contributed by atoms with Crippen LogP contribution in [-0.4, -0.2) is 36.5 Å². The lowest BCUT2D eigenvalue weighted by atomic mass is 10.1. The summed E-state index contributed by atoms with van der Waals surface area (Å²) < 4.78 is 18.7. The van der Waals surface area contributed by atoms with Crippen molar-refractivity contribution in [3.63, 3.8) is 0 Å². The molecule has 30 heavy (non-hydrogen) atoms. The third kappa shape index (κ3) is 5.31. The Hall–Kier alpha value is -3.49. The summed E-state index contributed by atoms with van der Waals surface area (Å²) in [4.78, 5) is 37.1. The van der Waals surface area contributed by atoms with Crippen LogP contribution in [0.15, 0.2) is 42.5 Å². The first kappa shape index (κ1) is 21.2. The standard InChI is InChI=1S/C21H22FN3O5/c22-18-7-3-2-6-15(18)13-23-20(26)14-30-21(27)17-12-16(25(28)29)8-9-19(17)24-10-4-1-5-11-24/h2-3,6-9,12H,1,4-5,10-11,13-14H2,(H,23,26). The van der Waals surface area contributed by atoms with Crippen LogP contribution in [-0.2, 0) is 16.1 Å². The number of nitrogens with zero attached hydrogens (tertiary/aromatic N) is 2. The summed E-state index contributed by atoms with van der Waals surface area (Å²) in [5.74, 6) is -1.87. The maximum atomic E-state index is 13.6. The minimum absolute atomic E-state index is 0.0428. The van der Waals surface area contributed by atoms with E-state index in [1.54, 1.807) is 12.1 Å². The van der Waals surface area contributed by atoms with Crippen molar-refractivity contribution in [1.82, 2.24) is 5.32 Å². The van der Waals surface area contributed by atoms with Gasteiger partial charge in [-0.2, -0.15) is 0 Å². The molecule has 0 unspecified atom stereocenters. The molecule has 1 amide bonds. The monoisotopic (exact) mass is 415 g/mol. The zero-order valence-electron chi connectivity index (χ0n) is 16.3. The number of hydrogen-bond donors (Lipinski definition) is 1. The second-order valence-corrected chi connectivity index (χ2v) is 6.95. The molecule has 1 aliphatic rings. The van der Waals surface area contributed by atoms with Crippen molar-refractivity contribution in [2.24, 2.45) is 0 Å². The molecule has 9 heteroatoms. The number of carbonyl (C=O) groups excluding carboxylic acids is 2. The van der Waals surface area contributed by atoms with Crippen molar-refractivity contribution in [1.29, 1.82) is 0 Å². The molecule has 158 valence electrons. The van der Waals surface area contributed by atoms with E-state index in [1.807, 2.05) is 4.90 Å². The Bertz CT molecular complexity index is 944. The van der Waals surface area contributed by atoms with Crippen molar-refractivity contribution in [3.05, 3.63) is 69.5 Å². The molecule has 0 aromatic heterocycles. The van der Waals surface area contributed by atoms with Gasteiger partial charge >= 0.3 is 5.97 Å². The van der Waals surface area contributed by atoms with Gasteiger partial charge in [-0.25, -0.2) is 9.18 Å². The maximum Gasteiger partial charge on any atom is 0.341 e. The maximum absolute atomic E-state index is 13.6. The van der Waals surface area contributed by atoms with Crippen LogP contribution in [0.1, 0.15) is 35.2 Å². The fourth-order valence-corrected chi connectivity index (χ4v) is 3.31. The lowest BCUT2D eigenvalue weighted by molar-refractivity contribution is -0.384. The topological polar surface area (TPSA) is 102 Å². The zero-order chi connectivity index (χ0) is 21.5. The highest BCUT2D eigenvalue weighted by Crippen LogP contribution is 2.28. The molecular weight excluding hydrogens is 393 g/mol. The zero-order valence-corrected chi connectivity index (χ0v) is 16.3. The molecule has 0 atom stereocenters. The van der Waals surface area contributed by atoms with Gasteiger partial charge in [0.05, 0.1) is 16.2 Å². The minimum atomic E-state index is -0.819. The largest absolute Gasteiger partial charge is 0.452 e. The first-order valence-electron chi connectivity index (χ1n) is 9.66. The number of rotatable bonds is 7. The molecular formula is C21H22FN3O5. The smallest absolute Gasteiger partial charge is 0.341 e. The van der Waals surface area contributed by atoms with E-state index < -0.39 is 29.2 Å². The highest BCUT2D eigenvalue weighted by molar-refractivity contribution is 5.97. The van der Waals surface area contributed by atoms with E-state index >= 15 is 0 Å². The summed E-state index contributed by atoms with van der Waals surface area (Å²) in [6, 6.07) is 10.1. The molecule has 0 radical (unpaired) electrons. The van der Waals surface area contributed by atoms with Gasteiger partial charge in [-0.05, 0) is 31.4 Å². The Balaban J connectivity index is 1.66. The van der Waals surface area contributed by atoms with Gasteiger partial charge in [0, 0.05) is 37.3 Å². The third-order valence-corrected chi connectivity index (χ3v) is 4.88. The van der Waals surface area contributed by atoms with Crippen LogP contribution in [0.2, 0.25) is 0 Å². The normalized spacial score (nSPS) is 13.6. The lowest BCUT2D eigenvalue weighted by Crippen LogP contribution is -2.32. The van der Waals surface area contributed by atoms with Gasteiger partial charge < -0.3 is 15.0 Å². The summed E-state index contributed by atoms with van der Waals surface area (Å²) in [6.45, 7) is 0.858. The second-order valence-electron chi connectivity index (χ2n) is 6.95. The number of anilines is 1. The minimum Gasteiger partial charge on any atom is -0.452 e. The summed E-state index contributed by atoms with van der Waals surface area (Å²) in [5, 5.41) is 13.6. The van der Waals surface area contributed by atoms with Crippen molar-refractivity contribution in [3.8, 4) is 0 Å². The molecule has 3 rings (SSSR count). The lowest BCUT2D eigenvalue weighted by Gasteiger charge is -2.30. The predicted molar refractivity (Wildman–Crippen MR) is 108 cm³/mol. The van der Waals surface area contributed by atoms with Crippen LogP contribution in [0.25, 0.3) is 0 Å². The molecule has 0 saturated carbocycles. The fourth-order valence-electron chi connectivity index (χ4n) is 3.31. The van der Waals surface area contributed by atoms with Gasteiger partial charge in [-0.15, -0.1) is 0 Å². The SMILES string of the molecule is O=C(COC(=O)c1cc([N+](=O)[O-])ccc1N1CCCCC1)NCc1ccccc1F. The van der Waals surface area contributed by atoms with Crippen LogP contribution < -0.4 is 10.2 Å². The van der Waals surface area contributed by atoms with E-state index in [1.165, 1.54) is 30.3 Å². The van der Waals surface area contributed by atoms with Crippen molar-refractivity contribution in [2.45, 2.75) is 25.8 Å². The third-order valence-electron chi connectivity index (χ3n) is 4.88. The van der Waals surface area contributed by atoms with E-state index in [0.717, 1.165) is 32.4 Å². The van der Waals surface area contributed by atoms with Gasteiger partial charge in [0.25, 0.3) is 11.6 Å². The first-order chi connectivity index (χ1) is 14.5. The number of nitrogens with one attached hydrogen (secondary N) is 1. The van der Waals surface area contributed by atoms with Gasteiger partial charge in [-0.3, -0.25) is 14.9 Å². The summed E-state index contributed by atoms with van der Waals surface area (Å²) in [7, 11) is 0. The van der Waals surface area contributed by atoms with Crippen LogP contribution in [0.5, 0.6) is 0 Å². The Morgan fingerprint density at radius 1 is 1.13 bits per heavy atom. The van der Waals surface area contributed by atoms with E-state index in [0.29, 0.717) is 11.3 Å². The number of hydrogen-bond acceptors (Lipinski definition) is 6. The average molecular weight is 415 g/mol. The Kier molecular flexibility index (Phi) is 6.95. The number of nitro benzene ring substituents is 1. The highest BCUT2D eigenvalue weighted by atomic mass is 19.1. The molecule has 0 spiro atoms. The van der Waals surface area contributed by atoms with Crippen LogP contribution >= 0.6 is 0 Å². The second kappa shape index (κ2) is 9.82. The molecule has 2 aromatic rings. The summed E-state index contributed by atoms with van der Waals surface area (Å²) in [5.41, 5.74) is 0.681. The molecule has 1 heterocycles. The van der Waals surface area contributed by atoms with Crippen molar-refractivity contribution < 1.29 is 23.6 Å². The fraction of sp³-hybridized carbons (Fsp3) is 0.333. The number of ether oxygens (including phenoxy) is 1. The van der Waals surface area contributed by atoms with Crippen molar-refractivity contribution in [2.75, 3.05) is 24.6 Å². The van der Waals surface area contributed by atoms with Crippen LogP contribution in [0, 0.1) is 15.9 Å². The number of benzene rings is 2. The number of non-ortho nitro benzene ring substituents is 1. The Labute approximate surface area is 172 Å². The molecule has 2 aromatic carbocycles. The first-order valence-corrected chi connectivity index (χ1v) is 9.66. The molecule has 1 saturated heterocycles.